The Hall–Kier alpha value is -3.88. The third-order valence-electron chi connectivity index (χ3n) is 6.57. The summed E-state index contributed by atoms with van der Waals surface area (Å²) >= 11 is 0. The van der Waals surface area contributed by atoms with Gasteiger partial charge in [-0.1, -0.05) is 6.07 Å². The molecule has 37 heavy (non-hydrogen) atoms. The highest BCUT2D eigenvalue weighted by atomic mass is 19.1. The van der Waals surface area contributed by atoms with Crippen molar-refractivity contribution in [3.8, 4) is 11.5 Å². The van der Waals surface area contributed by atoms with Gasteiger partial charge in [-0.25, -0.2) is 9.37 Å². The van der Waals surface area contributed by atoms with E-state index < -0.39 is 5.82 Å². The van der Waals surface area contributed by atoms with Gasteiger partial charge in [-0.05, 0) is 49.2 Å². The van der Waals surface area contributed by atoms with E-state index in [0.29, 0.717) is 48.8 Å². The number of pyridine rings is 1. The van der Waals surface area contributed by atoms with Crippen LogP contribution < -0.4 is 14.4 Å². The van der Waals surface area contributed by atoms with E-state index in [1.165, 1.54) is 18.2 Å². The molecule has 8 nitrogen and oxygen atoms in total. The van der Waals surface area contributed by atoms with Gasteiger partial charge in [-0.3, -0.25) is 9.59 Å². The summed E-state index contributed by atoms with van der Waals surface area (Å²) in [6, 6.07) is 11.3. The zero-order valence-electron chi connectivity index (χ0n) is 21.8. The molecule has 1 fully saturated rings. The first-order valence-corrected chi connectivity index (χ1v) is 12.4. The molecule has 1 aliphatic rings. The quantitative estimate of drug-likeness (QED) is 0.410. The Labute approximate surface area is 216 Å². The fourth-order valence-electron chi connectivity index (χ4n) is 4.74. The number of halogens is 1. The SMILES string of the molecule is COc1ccc(OC)c2nc(N(C)C)c(CN(CCCN3CCCC3=O)C(=O)c3cccc(F)c3)cc12. The van der Waals surface area contributed by atoms with Gasteiger partial charge in [0.25, 0.3) is 5.91 Å². The third kappa shape index (κ3) is 5.76. The second kappa shape index (κ2) is 11.5. The molecule has 0 spiro atoms. The van der Waals surface area contributed by atoms with Gasteiger partial charge in [0.15, 0.2) is 0 Å². The molecule has 0 atom stereocenters. The summed E-state index contributed by atoms with van der Waals surface area (Å²) in [5.74, 6) is 1.35. The molecule has 196 valence electrons. The molecule has 9 heteroatoms. The van der Waals surface area contributed by atoms with E-state index in [1.54, 1.807) is 25.2 Å². The van der Waals surface area contributed by atoms with Crippen molar-refractivity contribution in [2.75, 3.05) is 52.8 Å². The second-order valence-electron chi connectivity index (χ2n) is 9.31. The molecule has 1 aromatic heterocycles. The lowest BCUT2D eigenvalue weighted by molar-refractivity contribution is -0.127. The van der Waals surface area contributed by atoms with Gasteiger partial charge in [-0.2, -0.15) is 0 Å². The van der Waals surface area contributed by atoms with Crippen LogP contribution in [0.15, 0.2) is 42.5 Å². The number of rotatable bonds is 10. The Morgan fingerprint density at radius 1 is 1.11 bits per heavy atom. The van der Waals surface area contributed by atoms with E-state index in [0.717, 1.165) is 23.9 Å². The van der Waals surface area contributed by atoms with E-state index in [9.17, 15) is 14.0 Å². The number of ether oxygens (including phenoxy) is 2. The fourth-order valence-corrected chi connectivity index (χ4v) is 4.74. The predicted molar refractivity (Wildman–Crippen MR) is 141 cm³/mol. The molecule has 2 amide bonds. The minimum Gasteiger partial charge on any atom is -0.496 e. The monoisotopic (exact) mass is 508 g/mol. The van der Waals surface area contributed by atoms with E-state index in [4.69, 9.17) is 14.5 Å². The molecule has 0 radical (unpaired) electrons. The number of fused-ring (bicyclic) bond motifs is 1. The van der Waals surface area contributed by atoms with Crippen LogP contribution in [0.25, 0.3) is 10.9 Å². The Bertz CT molecular complexity index is 1300. The number of methoxy groups -OCH3 is 2. The van der Waals surface area contributed by atoms with E-state index >= 15 is 0 Å². The molecule has 0 saturated carbocycles. The number of hydrogen-bond donors (Lipinski definition) is 0. The van der Waals surface area contributed by atoms with Gasteiger partial charge in [0.1, 0.15) is 28.7 Å². The summed E-state index contributed by atoms with van der Waals surface area (Å²) < 4.78 is 25.1. The van der Waals surface area contributed by atoms with E-state index in [2.05, 4.69) is 0 Å². The number of nitrogens with zero attached hydrogens (tertiary/aromatic N) is 4. The maximum Gasteiger partial charge on any atom is 0.254 e. The number of carbonyl (C=O) groups is 2. The lowest BCUT2D eigenvalue weighted by atomic mass is 10.1. The predicted octanol–water partition coefficient (Wildman–Crippen LogP) is 4.11. The van der Waals surface area contributed by atoms with Crippen LogP contribution in [0, 0.1) is 5.82 Å². The van der Waals surface area contributed by atoms with Gasteiger partial charge in [0.2, 0.25) is 5.91 Å². The highest BCUT2D eigenvalue weighted by molar-refractivity contribution is 5.95. The third-order valence-corrected chi connectivity index (χ3v) is 6.57. The van der Waals surface area contributed by atoms with E-state index in [1.807, 2.05) is 42.1 Å². The number of benzene rings is 2. The van der Waals surface area contributed by atoms with Crippen molar-refractivity contribution in [2.24, 2.45) is 0 Å². The minimum absolute atomic E-state index is 0.151. The highest BCUT2D eigenvalue weighted by Gasteiger charge is 2.23. The Kier molecular flexibility index (Phi) is 8.11. The van der Waals surface area contributed by atoms with Crippen molar-refractivity contribution >= 4 is 28.5 Å². The number of carbonyl (C=O) groups excluding carboxylic acids is 2. The smallest absolute Gasteiger partial charge is 0.254 e. The maximum atomic E-state index is 14.0. The Morgan fingerprint density at radius 3 is 2.51 bits per heavy atom. The number of hydrogen-bond acceptors (Lipinski definition) is 6. The molecule has 2 aromatic carbocycles. The van der Waals surface area contributed by atoms with E-state index in [-0.39, 0.29) is 23.9 Å². The number of likely N-dealkylation sites (tertiary alicyclic amines) is 1. The van der Waals surface area contributed by atoms with Crippen LogP contribution >= 0.6 is 0 Å². The summed E-state index contributed by atoms with van der Waals surface area (Å²) in [4.78, 5) is 35.9. The first-order valence-electron chi connectivity index (χ1n) is 12.4. The fraction of sp³-hybridized carbons (Fsp3) is 0.393. The van der Waals surface area contributed by atoms with Gasteiger partial charge in [0, 0.05) is 63.2 Å². The summed E-state index contributed by atoms with van der Waals surface area (Å²) in [6.07, 6.45) is 2.06. The lowest BCUT2D eigenvalue weighted by Crippen LogP contribution is -2.35. The summed E-state index contributed by atoms with van der Waals surface area (Å²) in [5, 5.41) is 0.767. The number of amides is 2. The lowest BCUT2D eigenvalue weighted by Gasteiger charge is -2.27. The van der Waals surface area contributed by atoms with Crippen LogP contribution in [0.5, 0.6) is 11.5 Å². The topological polar surface area (TPSA) is 75.2 Å². The van der Waals surface area contributed by atoms with Gasteiger partial charge < -0.3 is 24.2 Å². The normalized spacial score (nSPS) is 13.2. The molecule has 0 aliphatic carbocycles. The van der Waals surface area contributed by atoms with Crippen LogP contribution in [0.1, 0.15) is 35.2 Å². The molecule has 0 N–H and O–H groups in total. The standard InChI is InChI=1S/C28H33FN4O4/c1-31(2)27-20(17-22-23(36-3)11-12-24(37-4)26(22)30-27)18-33(15-7-14-32-13-6-10-25(32)34)28(35)19-8-5-9-21(29)16-19/h5,8-9,11-12,16-17H,6-7,10,13-15,18H2,1-4H3. The zero-order chi connectivity index (χ0) is 26.5. The molecular formula is C28H33FN4O4. The average molecular weight is 509 g/mol. The molecule has 2 heterocycles. The van der Waals surface area contributed by atoms with Crippen molar-refractivity contribution in [1.82, 2.24) is 14.8 Å². The maximum absolute atomic E-state index is 14.0. The van der Waals surface area contributed by atoms with Crippen molar-refractivity contribution in [1.29, 1.82) is 0 Å². The zero-order valence-corrected chi connectivity index (χ0v) is 21.8. The van der Waals surface area contributed by atoms with Crippen LogP contribution in [-0.2, 0) is 11.3 Å². The van der Waals surface area contributed by atoms with Gasteiger partial charge in [0.05, 0.1) is 14.2 Å². The summed E-state index contributed by atoms with van der Waals surface area (Å²) in [6.45, 7) is 1.98. The molecule has 0 bridgehead atoms. The number of aromatic nitrogens is 1. The van der Waals surface area contributed by atoms with Crippen molar-refractivity contribution in [2.45, 2.75) is 25.8 Å². The molecule has 4 rings (SSSR count). The van der Waals surface area contributed by atoms with Gasteiger partial charge in [-0.15, -0.1) is 0 Å². The number of anilines is 1. The molecule has 0 unspecified atom stereocenters. The minimum atomic E-state index is -0.466. The molecule has 1 saturated heterocycles. The van der Waals surface area contributed by atoms with Crippen LogP contribution in [0.4, 0.5) is 10.2 Å². The first-order chi connectivity index (χ1) is 17.8. The average Bonchev–Trinajstić information content (AvgIpc) is 3.30. The highest BCUT2D eigenvalue weighted by Crippen LogP contribution is 2.35. The van der Waals surface area contributed by atoms with Crippen LogP contribution in [0.2, 0.25) is 0 Å². The van der Waals surface area contributed by atoms with Crippen LogP contribution in [-0.4, -0.2) is 74.5 Å². The van der Waals surface area contributed by atoms with Crippen molar-refractivity contribution in [3.05, 3.63) is 59.4 Å². The summed E-state index contributed by atoms with van der Waals surface area (Å²) in [5.41, 5.74) is 1.74. The Morgan fingerprint density at radius 2 is 1.86 bits per heavy atom. The van der Waals surface area contributed by atoms with Crippen LogP contribution in [0.3, 0.4) is 0 Å². The van der Waals surface area contributed by atoms with Gasteiger partial charge >= 0.3 is 0 Å². The largest absolute Gasteiger partial charge is 0.496 e. The first kappa shape index (κ1) is 26.2. The molecular weight excluding hydrogens is 475 g/mol. The summed E-state index contributed by atoms with van der Waals surface area (Å²) in [7, 11) is 6.97. The molecule has 1 aliphatic heterocycles. The molecule has 3 aromatic rings. The Balaban J connectivity index is 1.70. The van der Waals surface area contributed by atoms with Crippen molar-refractivity contribution in [3.63, 3.8) is 0 Å². The second-order valence-corrected chi connectivity index (χ2v) is 9.31. The van der Waals surface area contributed by atoms with Crippen molar-refractivity contribution < 1.29 is 23.5 Å².